The summed E-state index contributed by atoms with van der Waals surface area (Å²) >= 11 is 6.11. The summed E-state index contributed by atoms with van der Waals surface area (Å²) in [7, 11) is 1.80. The maximum atomic E-state index is 6.11. The van der Waals surface area contributed by atoms with E-state index in [0.717, 1.165) is 36.4 Å². The lowest BCUT2D eigenvalue weighted by molar-refractivity contribution is 0.734. The molecule has 3 nitrogen and oxygen atoms in total. The SMILES string of the molecule is CN=C(NCCc1ccccc1Cl)NCC1CC1.I. The molecule has 1 fully saturated rings. The van der Waals surface area contributed by atoms with Gasteiger partial charge in [0.15, 0.2) is 5.96 Å². The molecule has 0 heterocycles. The third-order valence-corrected chi connectivity index (χ3v) is 3.49. The molecule has 0 atom stereocenters. The van der Waals surface area contributed by atoms with Gasteiger partial charge in [0.25, 0.3) is 0 Å². The van der Waals surface area contributed by atoms with Crippen molar-refractivity contribution in [3.05, 3.63) is 34.9 Å². The molecule has 0 unspecified atom stereocenters. The number of aliphatic imine (C=N–C) groups is 1. The topological polar surface area (TPSA) is 36.4 Å². The maximum Gasteiger partial charge on any atom is 0.190 e. The molecule has 0 aliphatic heterocycles. The van der Waals surface area contributed by atoms with Crippen molar-refractivity contribution in [2.75, 3.05) is 20.1 Å². The minimum Gasteiger partial charge on any atom is -0.356 e. The standard InChI is InChI=1S/C14H20ClN3.HI/c1-16-14(18-10-11-6-7-11)17-9-8-12-4-2-3-5-13(12)15;/h2-5,11H,6-10H2,1H3,(H2,16,17,18);1H. The zero-order chi connectivity index (χ0) is 12.8. The van der Waals surface area contributed by atoms with E-state index in [-0.39, 0.29) is 24.0 Å². The molecule has 1 aromatic carbocycles. The predicted molar refractivity (Wildman–Crippen MR) is 92.7 cm³/mol. The Bertz CT molecular complexity index is 419. The van der Waals surface area contributed by atoms with E-state index in [1.54, 1.807) is 7.05 Å². The van der Waals surface area contributed by atoms with Gasteiger partial charge in [-0.25, -0.2) is 0 Å². The van der Waals surface area contributed by atoms with E-state index in [1.165, 1.54) is 18.4 Å². The monoisotopic (exact) mass is 393 g/mol. The second kappa shape index (κ2) is 8.64. The number of hydrogen-bond acceptors (Lipinski definition) is 1. The van der Waals surface area contributed by atoms with Gasteiger partial charge in [-0.15, -0.1) is 24.0 Å². The fourth-order valence-electron chi connectivity index (χ4n) is 1.80. The highest BCUT2D eigenvalue weighted by Crippen LogP contribution is 2.27. The second-order valence-electron chi connectivity index (χ2n) is 4.66. The van der Waals surface area contributed by atoms with E-state index in [1.807, 2.05) is 18.2 Å². The number of guanidine groups is 1. The molecule has 0 saturated heterocycles. The third kappa shape index (κ3) is 5.99. The summed E-state index contributed by atoms with van der Waals surface area (Å²) in [6.07, 6.45) is 3.61. The van der Waals surface area contributed by atoms with Crippen molar-refractivity contribution >= 4 is 41.5 Å². The van der Waals surface area contributed by atoms with E-state index in [9.17, 15) is 0 Å². The number of nitrogens with one attached hydrogen (secondary N) is 2. The van der Waals surface area contributed by atoms with Crippen LogP contribution >= 0.6 is 35.6 Å². The minimum absolute atomic E-state index is 0. The van der Waals surface area contributed by atoms with Crippen LogP contribution in [0, 0.1) is 5.92 Å². The molecule has 1 aliphatic rings. The number of halogens is 2. The van der Waals surface area contributed by atoms with Gasteiger partial charge in [0.05, 0.1) is 0 Å². The summed E-state index contributed by atoms with van der Waals surface area (Å²) in [5, 5.41) is 7.48. The lowest BCUT2D eigenvalue weighted by Crippen LogP contribution is -2.39. The maximum absolute atomic E-state index is 6.11. The van der Waals surface area contributed by atoms with E-state index in [4.69, 9.17) is 11.6 Å². The van der Waals surface area contributed by atoms with E-state index >= 15 is 0 Å². The highest BCUT2D eigenvalue weighted by atomic mass is 127. The van der Waals surface area contributed by atoms with Crippen LogP contribution < -0.4 is 10.6 Å². The van der Waals surface area contributed by atoms with Crippen LogP contribution in [0.2, 0.25) is 5.02 Å². The van der Waals surface area contributed by atoms with Crippen molar-refractivity contribution in [2.45, 2.75) is 19.3 Å². The fourth-order valence-corrected chi connectivity index (χ4v) is 2.03. The summed E-state index contributed by atoms with van der Waals surface area (Å²) in [5.74, 6) is 1.74. The van der Waals surface area contributed by atoms with Crippen molar-refractivity contribution in [1.29, 1.82) is 0 Å². The Balaban J connectivity index is 0.00000180. The molecule has 0 spiro atoms. The van der Waals surface area contributed by atoms with Gasteiger partial charge in [0.2, 0.25) is 0 Å². The van der Waals surface area contributed by atoms with Crippen LogP contribution in [0.3, 0.4) is 0 Å². The Kier molecular flexibility index (Phi) is 7.53. The first-order chi connectivity index (χ1) is 8.79. The van der Waals surface area contributed by atoms with E-state index < -0.39 is 0 Å². The van der Waals surface area contributed by atoms with Crippen LogP contribution in [0.15, 0.2) is 29.3 Å². The van der Waals surface area contributed by atoms with Crippen LogP contribution in [0.1, 0.15) is 18.4 Å². The van der Waals surface area contributed by atoms with Crippen LogP contribution in [0.4, 0.5) is 0 Å². The lowest BCUT2D eigenvalue weighted by atomic mass is 10.1. The Morgan fingerprint density at radius 2 is 2.05 bits per heavy atom. The van der Waals surface area contributed by atoms with Crippen molar-refractivity contribution < 1.29 is 0 Å². The molecule has 1 aromatic rings. The van der Waals surface area contributed by atoms with E-state index in [0.29, 0.717) is 0 Å². The minimum atomic E-state index is 0. The van der Waals surface area contributed by atoms with Crippen LogP contribution in [0.5, 0.6) is 0 Å². The van der Waals surface area contributed by atoms with Gasteiger partial charge < -0.3 is 10.6 Å². The molecule has 1 aliphatic carbocycles. The van der Waals surface area contributed by atoms with E-state index in [2.05, 4.69) is 21.7 Å². The largest absolute Gasteiger partial charge is 0.356 e. The van der Waals surface area contributed by atoms with Crippen LogP contribution in [-0.4, -0.2) is 26.1 Å². The first-order valence-electron chi connectivity index (χ1n) is 6.47. The number of nitrogens with zero attached hydrogens (tertiary/aromatic N) is 1. The van der Waals surface area contributed by atoms with Gasteiger partial charge in [0.1, 0.15) is 0 Å². The summed E-state index contributed by atoms with van der Waals surface area (Å²) in [6.45, 7) is 1.87. The quantitative estimate of drug-likeness (QED) is 0.458. The molecule has 0 aromatic heterocycles. The Morgan fingerprint density at radius 1 is 1.32 bits per heavy atom. The molecule has 5 heteroatoms. The zero-order valence-corrected chi connectivity index (χ0v) is 14.2. The average molecular weight is 394 g/mol. The Hall–Kier alpha value is -0.490. The molecule has 0 radical (unpaired) electrons. The predicted octanol–water partition coefficient (Wildman–Crippen LogP) is 3.08. The second-order valence-corrected chi connectivity index (χ2v) is 5.07. The smallest absolute Gasteiger partial charge is 0.190 e. The summed E-state index contributed by atoms with van der Waals surface area (Å²) in [5.41, 5.74) is 1.17. The van der Waals surface area contributed by atoms with Crippen LogP contribution in [-0.2, 0) is 6.42 Å². The molecule has 2 rings (SSSR count). The number of benzene rings is 1. The summed E-state index contributed by atoms with van der Waals surface area (Å²) in [4.78, 5) is 4.20. The van der Waals surface area contributed by atoms with Crippen molar-refractivity contribution in [3.8, 4) is 0 Å². The molecule has 19 heavy (non-hydrogen) atoms. The molecule has 0 bridgehead atoms. The molecule has 0 amide bonds. The summed E-state index contributed by atoms with van der Waals surface area (Å²) < 4.78 is 0. The summed E-state index contributed by atoms with van der Waals surface area (Å²) in [6, 6.07) is 7.96. The van der Waals surface area contributed by atoms with Gasteiger partial charge >= 0.3 is 0 Å². The third-order valence-electron chi connectivity index (χ3n) is 3.12. The lowest BCUT2D eigenvalue weighted by Gasteiger charge is -2.11. The molecule has 106 valence electrons. The first-order valence-corrected chi connectivity index (χ1v) is 6.85. The average Bonchev–Trinajstić information content (AvgIpc) is 3.19. The van der Waals surface area contributed by atoms with Gasteiger partial charge in [0, 0.05) is 25.2 Å². The molecule has 1 saturated carbocycles. The van der Waals surface area contributed by atoms with Crippen molar-refractivity contribution in [1.82, 2.24) is 10.6 Å². The molecular formula is C14H21ClIN3. The highest BCUT2D eigenvalue weighted by Gasteiger charge is 2.20. The number of rotatable bonds is 5. The molecule has 2 N–H and O–H groups in total. The molecular weight excluding hydrogens is 373 g/mol. The Labute approximate surface area is 137 Å². The van der Waals surface area contributed by atoms with Gasteiger partial charge in [-0.3, -0.25) is 4.99 Å². The Morgan fingerprint density at radius 3 is 2.68 bits per heavy atom. The normalized spacial score (nSPS) is 14.7. The van der Waals surface area contributed by atoms with Gasteiger partial charge in [-0.1, -0.05) is 29.8 Å². The van der Waals surface area contributed by atoms with Gasteiger partial charge in [-0.2, -0.15) is 0 Å². The van der Waals surface area contributed by atoms with Crippen LogP contribution in [0.25, 0.3) is 0 Å². The van der Waals surface area contributed by atoms with Crippen molar-refractivity contribution in [3.63, 3.8) is 0 Å². The number of hydrogen-bond donors (Lipinski definition) is 2. The van der Waals surface area contributed by atoms with Gasteiger partial charge in [-0.05, 0) is 36.8 Å². The highest BCUT2D eigenvalue weighted by molar-refractivity contribution is 14.0. The zero-order valence-electron chi connectivity index (χ0n) is 11.2. The fraction of sp³-hybridized carbons (Fsp3) is 0.500. The van der Waals surface area contributed by atoms with Crippen molar-refractivity contribution in [2.24, 2.45) is 10.9 Å². The first kappa shape index (κ1) is 16.6.